The third-order valence-corrected chi connectivity index (χ3v) is 3.77. The van der Waals surface area contributed by atoms with Gasteiger partial charge in [0.25, 0.3) is 5.91 Å². The van der Waals surface area contributed by atoms with Crippen molar-refractivity contribution >= 4 is 22.9 Å². The van der Waals surface area contributed by atoms with Crippen molar-refractivity contribution < 1.29 is 14.3 Å². The zero-order valence-electron chi connectivity index (χ0n) is 14.6. The lowest BCUT2D eigenvalue weighted by Crippen LogP contribution is -2.36. The van der Waals surface area contributed by atoms with E-state index in [0.717, 1.165) is 11.1 Å². The van der Waals surface area contributed by atoms with E-state index in [2.05, 4.69) is 10.1 Å². The summed E-state index contributed by atoms with van der Waals surface area (Å²) in [4.78, 5) is 29.9. The molecule has 134 valence electrons. The van der Waals surface area contributed by atoms with Gasteiger partial charge in [-0.1, -0.05) is 0 Å². The normalized spacial score (nSPS) is 10.2. The van der Waals surface area contributed by atoms with Gasteiger partial charge < -0.3 is 9.64 Å². The number of esters is 1. The van der Waals surface area contributed by atoms with Gasteiger partial charge in [-0.25, -0.2) is 9.78 Å². The fourth-order valence-corrected chi connectivity index (χ4v) is 2.45. The molecule has 2 heterocycles. The van der Waals surface area contributed by atoms with Crippen LogP contribution in [0, 0.1) is 29.6 Å². The molecule has 0 saturated carbocycles. The van der Waals surface area contributed by atoms with Gasteiger partial charge in [-0.2, -0.15) is 15.6 Å². The van der Waals surface area contributed by atoms with Gasteiger partial charge in [-0.15, -0.1) is 0 Å². The van der Waals surface area contributed by atoms with E-state index in [9.17, 15) is 9.59 Å². The molecular weight excluding hydrogens is 336 g/mol. The minimum Gasteiger partial charge on any atom is -0.452 e. The molecule has 0 aliphatic heterocycles. The van der Waals surface area contributed by atoms with Crippen molar-refractivity contribution in [2.45, 2.75) is 19.8 Å². The molecule has 0 aromatic carbocycles. The Balaban J connectivity index is 2.02. The standard InChI is InChI=1S/C17H18N6O3/c1-12-14-9-13(10-20-16(14)22(2)21-12)17(25)26-11-15(24)23(7-3-5-18)8-4-6-19/h9-10H,3-4,7-8,11H2,1-2H3. The summed E-state index contributed by atoms with van der Waals surface area (Å²) in [5.74, 6) is -1.12. The zero-order valence-corrected chi connectivity index (χ0v) is 14.6. The quantitative estimate of drug-likeness (QED) is 0.681. The second-order valence-electron chi connectivity index (χ2n) is 5.58. The Morgan fingerprint density at radius 2 is 1.92 bits per heavy atom. The highest BCUT2D eigenvalue weighted by Crippen LogP contribution is 2.17. The van der Waals surface area contributed by atoms with E-state index in [4.69, 9.17) is 15.3 Å². The summed E-state index contributed by atoms with van der Waals surface area (Å²) in [6, 6.07) is 5.51. The maximum Gasteiger partial charge on any atom is 0.340 e. The molecule has 2 aromatic rings. The van der Waals surface area contributed by atoms with Crippen molar-refractivity contribution in [3.05, 3.63) is 23.5 Å². The molecule has 9 nitrogen and oxygen atoms in total. The molecular formula is C17H18N6O3. The summed E-state index contributed by atoms with van der Waals surface area (Å²) >= 11 is 0. The van der Waals surface area contributed by atoms with Gasteiger partial charge in [-0.05, 0) is 13.0 Å². The van der Waals surface area contributed by atoms with E-state index in [1.807, 2.05) is 19.1 Å². The number of nitrogens with zero attached hydrogens (tertiary/aromatic N) is 6. The van der Waals surface area contributed by atoms with E-state index in [1.165, 1.54) is 11.1 Å². The summed E-state index contributed by atoms with van der Waals surface area (Å²) in [6.07, 6.45) is 1.66. The van der Waals surface area contributed by atoms with E-state index in [-0.39, 0.29) is 31.5 Å². The number of fused-ring (bicyclic) bond motifs is 1. The van der Waals surface area contributed by atoms with Crippen LogP contribution >= 0.6 is 0 Å². The van der Waals surface area contributed by atoms with Crippen LogP contribution in [0.2, 0.25) is 0 Å². The van der Waals surface area contributed by atoms with Crippen LogP contribution in [0.4, 0.5) is 0 Å². The molecule has 0 aliphatic carbocycles. The minimum atomic E-state index is -0.670. The Morgan fingerprint density at radius 1 is 1.27 bits per heavy atom. The molecule has 0 spiro atoms. The molecule has 26 heavy (non-hydrogen) atoms. The highest BCUT2D eigenvalue weighted by Gasteiger charge is 2.17. The van der Waals surface area contributed by atoms with Crippen molar-refractivity contribution in [1.29, 1.82) is 10.5 Å². The molecule has 0 radical (unpaired) electrons. The largest absolute Gasteiger partial charge is 0.452 e. The highest BCUT2D eigenvalue weighted by molar-refractivity contribution is 5.94. The smallest absolute Gasteiger partial charge is 0.340 e. The van der Waals surface area contributed by atoms with E-state index < -0.39 is 18.5 Å². The fraction of sp³-hybridized carbons (Fsp3) is 0.412. The van der Waals surface area contributed by atoms with Gasteiger partial charge >= 0.3 is 5.97 Å². The van der Waals surface area contributed by atoms with Crippen molar-refractivity contribution in [3.63, 3.8) is 0 Å². The Labute approximate surface area is 150 Å². The van der Waals surface area contributed by atoms with Crippen molar-refractivity contribution in [2.24, 2.45) is 7.05 Å². The average Bonchev–Trinajstić information content (AvgIpc) is 2.93. The van der Waals surface area contributed by atoms with Crippen LogP contribution in [-0.4, -0.2) is 51.2 Å². The number of carbonyl (C=O) groups is 2. The third-order valence-electron chi connectivity index (χ3n) is 3.77. The number of carbonyl (C=O) groups excluding carboxylic acids is 2. The number of aryl methyl sites for hydroxylation is 2. The number of pyridine rings is 1. The van der Waals surface area contributed by atoms with Gasteiger partial charge in [0, 0.05) is 31.7 Å². The lowest BCUT2D eigenvalue weighted by molar-refractivity contribution is -0.134. The molecule has 0 fully saturated rings. The Hall–Kier alpha value is -3.46. The number of ether oxygens (including phenoxy) is 1. The SMILES string of the molecule is Cc1nn(C)c2ncc(C(=O)OCC(=O)N(CCC#N)CCC#N)cc12. The van der Waals surface area contributed by atoms with Crippen molar-refractivity contribution in [2.75, 3.05) is 19.7 Å². The van der Waals surface area contributed by atoms with Gasteiger partial charge in [0.1, 0.15) is 0 Å². The maximum absolute atomic E-state index is 12.2. The lowest BCUT2D eigenvalue weighted by Gasteiger charge is -2.20. The molecule has 0 atom stereocenters. The lowest BCUT2D eigenvalue weighted by atomic mass is 10.2. The van der Waals surface area contributed by atoms with Crippen LogP contribution in [-0.2, 0) is 16.6 Å². The molecule has 0 unspecified atom stereocenters. The third kappa shape index (κ3) is 4.33. The first kappa shape index (κ1) is 18.9. The summed E-state index contributed by atoms with van der Waals surface area (Å²) in [5, 5.41) is 22.3. The van der Waals surface area contributed by atoms with Gasteiger partial charge in [0.2, 0.25) is 0 Å². The van der Waals surface area contributed by atoms with Crippen LogP contribution < -0.4 is 0 Å². The highest BCUT2D eigenvalue weighted by atomic mass is 16.5. The van der Waals surface area contributed by atoms with Crippen molar-refractivity contribution in [3.8, 4) is 12.1 Å². The van der Waals surface area contributed by atoms with Crippen LogP contribution in [0.3, 0.4) is 0 Å². The van der Waals surface area contributed by atoms with Gasteiger partial charge in [0.15, 0.2) is 12.3 Å². The first-order valence-electron chi connectivity index (χ1n) is 7.96. The van der Waals surface area contributed by atoms with E-state index in [0.29, 0.717) is 5.65 Å². The zero-order chi connectivity index (χ0) is 19.1. The minimum absolute atomic E-state index is 0.145. The monoisotopic (exact) mass is 354 g/mol. The number of nitriles is 2. The predicted molar refractivity (Wildman–Crippen MR) is 90.6 cm³/mol. The summed E-state index contributed by atoms with van der Waals surface area (Å²) in [7, 11) is 1.76. The van der Waals surface area contributed by atoms with E-state index in [1.54, 1.807) is 17.8 Å². The second-order valence-corrected chi connectivity index (χ2v) is 5.58. The Bertz CT molecular complexity index is 888. The Kier molecular flexibility index (Phi) is 6.23. The number of amides is 1. The number of aromatic nitrogens is 3. The van der Waals surface area contributed by atoms with Crippen LogP contribution in [0.5, 0.6) is 0 Å². The molecule has 1 amide bonds. The Morgan fingerprint density at radius 3 is 2.54 bits per heavy atom. The average molecular weight is 354 g/mol. The number of hydrogen-bond acceptors (Lipinski definition) is 7. The fourth-order valence-electron chi connectivity index (χ4n) is 2.45. The predicted octanol–water partition coefficient (Wildman–Crippen LogP) is 1.09. The maximum atomic E-state index is 12.2. The van der Waals surface area contributed by atoms with Crippen molar-refractivity contribution in [1.82, 2.24) is 19.7 Å². The van der Waals surface area contributed by atoms with Gasteiger partial charge in [-0.3, -0.25) is 9.48 Å². The molecule has 0 saturated heterocycles. The molecule has 2 aromatic heterocycles. The molecule has 0 aliphatic rings. The van der Waals surface area contributed by atoms with Crippen LogP contribution in [0.1, 0.15) is 28.9 Å². The second kappa shape index (κ2) is 8.58. The van der Waals surface area contributed by atoms with Gasteiger partial charge in [0.05, 0.1) is 36.2 Å². The summed E-state index contributed by atoms with van der Waals surface area (Å²) in [6.45, 7) is 1.73. The molecule has 0 bridgehead atoms. The summed E-state index contributed by atoms with van der Waals surface area (Å²) in [5.41, 5.74) is 1.61. The first-order valence-corrected chi connectivity index (χ1v) is 7.96. The first-order chi connectivity index (χ1) is 12.5. The molecule has 9 heteroatoms. The topological polar surface area (TPSA) is 125 Å². The number of rotatable bonds is 7. The summed E-state index contributed by atoms with van der Waals surface area (Å²) < 4.78 is 6.68. The van der Waals surface area contributed by atoms with Crippen LogP contribution in [0.25, 0.3) is 11.0 Å². The van der Waals surface area contributed by atoms with Crippen LogP contribution in [0.15, 0.2) is 12.3 Å². The molecule has 2 rings (SSSR count). The molecule has 0 N–H and O–H groups in total. The van der Waals surface area contributed by atoms with E-state index >= 15 is 0 Å². The number of hydrogen-bond donors (Lipinski definition) is 0.